The Bertz CT molecular complexity index is 332. The third-order valence-electron chi connectivity index (χ3n) is 2.52. The van der Waals surface area contributed by atoms with Crippen LogP contribution < -0.4 is 11.1 Å². The normalized spacial score (nSPS) is 12.2. The lowest BCUT2D eigenvalue weighted by Crippen LogP contribution is -2.37. The summed E-state index contributed by atoms with van der Waals surface area (Å²) in [6, 6.07) is 8.32. The highest BCUT2D eigenvalue weighted by atomic mass is 16.1. The average molecular weight is 220 g/mol. The van der Waals surface area contributed by atoms with Crippen LogP contribution in [0.25, 0.3) is 0 Å². The van der Waals surface area contributed by atoms with Gasteiger partial charge in [-0.3, -0.25) is 4.79 Å². The van der Waals surface area contributed by atoms with Crippen LogP contribution in [0.1, 0.15) is 24.5 Å². The van der Waals surface area contributed by atoms with Gasteiger partial charge < -0.3 is 11.1 Å². The summed E-state index contributed by atoms with van der Waals surface area (Å²) < 4.78 is 0. The van der Waals surface area contributed by atoms with Crippen molar-refractivity contribution in [1.29, 1.82) is 0 Å². The number of nitrogens with two attached hydrogens (primary N) is 1. The molecule has 0 aliphatic rings. The van der Waals surface area contributed by atoms with Gasteiger partial charge in [-0.05, 0) is 25.8 Å². The van der Waals surface area contributed by atoms with Crippen LogP contribution in [0, 0.1) is 6.92 Å². The molecule has 0 saturated carbocycles. The minimum atomic E-state index is 0.0607. The fourth-order valence-electron chi connectivity index (χ4n) is 1.42. The Morgan fingerprint density at radius 2 is 2.00 bits per heavy atom. The summed E-state index contributed by atoms with van der Waals surface area (Å²) in [6.07, 6.45) is 1.30. The molecular weight excluding hydrogens is 200 g/mol. The molecule has 0 bridgehead atoms. The van der Waals surface area contributed by atoms with Crippen molar-refractivity contribution in [2.24, 2.45) is 5.73 Å². The Morgan fingerprint density at radius 1 is 1.38 bits per heavy atom. The standard InChI is InChI=1S/C13H20N2O/c1-10-3-5-12(6-4-10)7-8-13(16)15-11(2)9-14/h3-6,11H,7-9,14H2,1-2H3,(H,15,16)/t11-/m0/s1. The predicted octanol–water partition coefficient (Wildman–Crippen LogP) is 1.39. The SMILES string of the molecule is Cc1ccc(CCC(=O)N[C@@H](C)CN)cc1. The third kappa shape index (κ3) is 4.45. The first-order valence-electron chi connectivity index (χ1n) is 5.67. The molecule has 1 amide bonds. The number of carbonyl (C=O) groups is 1. The molecule has 3 N–H and O–H groups in total. The number of carbonyl (C=O) groups excluding carboxylic acids is 1. The number of aryl methyl sites for hydroxylation is 2. The zero-order valence-electron chi connectivity index (χ0n) is 9.99. The number of rotatable bonds is 5. The first-order chi connectivity index (χ1) is 7.61. The van der Waals surface area contributed by atoms with Crippen molar-refractivity contribution in [2.75, 3.05) is 6.54 Å². The minimum absolute atomic E-state index is 0.0607. The lowest BCUT2D eigenvalue weighted by atomic mass is 10.1. The van der Waals surface area contributed by atoms with E-state index >= 15 is 0 Å². The summed E-state index contributed by atoms with van der Waals surface area (Å²) >= 11 is 0. The van der Waals surface area contributed by atoms with Crippen molar-refractivity contribution in [3.8, 4) is 0 Å². The summed E-state index contributed by atoms with van der Waals surface area (Å²) in [7, 11) is 0. The third-order valence-corrected chi connectivity index (χ3v) is 2.52. The van der Waals surface area contributed by atoms with Crippen molar-refractivity contribution in [2.45, 2.75) is 32.7 Å². The van der Waals surface area contributed by atoms with Crippen LogP contribution in [0.3, 0.4) is 0 Å². The van der Waals surface area contributed by atoms with E-state index in [0.717, 1.165) is 6.42 Å². The van der Waals surface area contributed by atoms with Gasteiger partial charge in [0.05, 0.1) is 0 Å². The van der Waals surface area contributed by atoms with Gasteiger partial charge in [0.15, 0.2) is 0 Å². The topological polar surface area (TPSA) is 55.1 Å². The summed E-state index contributed by atoms with van der Waals surface area (Å²) in [4.78, 5) is 11.5. The van der Waals surface area contributed by atoms with Gasteiger partial charge >= 0.3 is 0 Å². The zero-order chi connectivity index (χ0) is 12.0. The van der Waals surface area contributed by atoms with Crippen LogP contribution in [0.2, 0.25) is 0 Å². The van der Waals surface area contributed by atoms with E-state index in [1.807, 2.05) is 6.92 Å². The molecule has 16 heavy (non-hydrogen) atoms. The molecule has 0 spiro atoms. The van der Waals surface area contributed by atoms with Gasteiger partial charge in [0.25, 0.3) is 0 Å². The molecule has 0 aliphatic heterocycles. The molecule has 0 fully saturated rings. The van der Waals surface area contributed by atoms with Gasteiger partial charge in [-0.1, -0.05) is 29.8 Å². The van der Waals surface area contributed by atoms with Crippen LogP contribution >= 0.6 is 0 Å². The van der Waals surface area contributed by atoms with Crippen molar-refractivity contribution < 1.29 is 4.79 Å². The second kappa shape index (κ2) is 6.28. The highest BCUT2D eigenvalue weighted by Crippen LogP contribution is 2.05. The Hall–Kier alpha value is -1.35. The summed E-state index contributed by atoms with van der Waals surface area (Å²) in [5, 5.41) is 2.85. The van der Waals surface area contributed by atoms with Crippen molar-refractivity contribution in [3.05, 3.63) is 35.4 Å². The number of hydrogen-bond acceptors (Lipinski definition) is 2. The molecule has 0 aromatic heterocycles. The van der Waals surface area contributed by atoms with E-state index in [0.29, 0.717) is 13.0 Å². The molecule has 3 nitrogen and oxygen atoms in total. The molecule has 1 rings (SSSR count). The van der Waals surface area contributed by atoms with Gasteiger partial charge in [-0.25, -0.2) is 0 Å². The van der Waals surface area contributed by atoms with Crippen LogP contribution in [-0.2, 0) is 11.2 Å². The van der Waals surface area contributed by atoms with E-state index < -0.39 is 0 Å². The van der Waals surface area contributed by atoms with E-state index in [2.05, 4.69) is 36.5 Å². The minimum Gasteiger partial charge on any atom is -0.352 e. The molecule has 3 heteroatoms. The van der Waals surface area contributed by atoms with Crippen molar-refractivity contribution in [1.82, 2.24) is 5.32 Å². The quantitative estimate of drug-likeness (QED) is 0.788. The Labute approximate surface area is 97.0 Å². The molecule has 0 unspecified atom stereocenters. The van der Waals surface area contributed by atoms with Crippen LogP contribution in [-0.4, -0.2) is 18.5 Å². The molecule has 1 aromatic carbocycles. The maximum atomic E-state index is 11.5. The summed E-state index contributed by atoms with van der Waals surface area (Å²) in [5.74, 6) is 0.0681. The Morgan fingerprint density at radius 3 is 2.56 bits per heavy atom. The molecule has 1 aromatic rings. The molecule has 1 atom stereocenters. The van der Waals surface area contributed by atoms with E-state index in [1.54, 1.807) is 0 Å². The molecule has 0 saturated heterocycles. The maximum absolute atomic E-state index is 11.5. The Kier molecular flexibility index (Phi) is 4.99. The predicted molar refractivity (Wildman–Crippen MR) is 66.2 cm³/mol. The lowest BCUT2D eigenvalue weighted by molar-refractivity contribution is -0.121. The van der Waals surface area contributed by atoms with Crippen LogP contribution in [0.4, 0.5) is 0 Å². The molecule has 0 aliphatic carbocycles. The molecule has 0 heterocycles. The monoisotopic (exact) mass is 220 g/mol. The van der Waals surface area contributed by atoms with Gasteiger partial charge in [0.2, 0.25) is 5.91 Å². The van der Waals surface area contributed by atoms with E-state index in [-0.39, 0.29) is 11.9 Å². The smallest absolute Gasteiger partial charge is 0.220 e. The van der Waals surface area contributed by atoms with Crippen LogP contribution in [0.5, 0.6) is 0 Å². The van der Waals surface area contributed by atoms with E-state index in [9.17, 15) is 4.79 Å². The molecule has 88 valence electrons. The first kappa shape index (κ1) is 12.7. The number of amides is 1. The second-order valence-electron chi connectivity index (χ2n) is 4.19. The highest BCUT2D eigenvalue weighted by molar-refractivity contribution is 5.76. The number of hydrogen-bond donors (Lipinski definition) is 2. The largest absolute Gasteiger partial charge is 0.352 e. The van der Waals surface area contributed by atoms with Gasteiger partial charge in [-0.15, -0.1) is 0 Å². The van der Waals surface area contributed by atoms with Crippen LogP contribution in [0.15, 0.2) is 24.3 Å². The highest BCUT2D eigenvalue weighted by Gasteiger charge is 2.05. The van der Waals surface area contributed by atoms with Gasteiger partial charge in [0, 0.05) is 19.0 Å². The molecular formula is C13H20N2O. The number of benzene rings is 1. The molecule has 0 radical (unpaired) electrons. The summed E-state index contributed by atoms with van der Waals surface area (Å²) in [6.45, 7) is 4.44. The zero-order valence-corrected chi connectivity index (χ0v) is 9.99. The average Bonchev–Trinajstić information content (AvgIpc) is 2.28. The maximum Gasteiger partial charge on any atom is 0.220 e. The summed E-state index contributed by atoms with van der Waals surface area (Å²) in [5.41, 5.74) is 7.87. The van der Waals surface area contributed by atoms with Gasteiger partial charge in [-0.2, -0.15) is 0 Å². The first-order valence-corrected chi connectivity index (χ1v) is 5.67. The van der Waals surface area contributed by atoms with E-state index in [4.69, 9.17) is 5.73 Å². The Balaban J connectivity index is 2.34. The van der Waals surface area contributed by atoms with Crippen molar-refractivity contribution in [3.63, 3.8) is 0 Å². The lowest BCUT2D eigenvalue weighted by Gasteiger charge is -2.11. The number of nitrogens with one attached hydrogen (secondary N) is 1. The fraction of sp³-hybridized carbons (Fsp3) is 0.462. The second-order valence-corrected chi connectivity index (χ2v) is 4.19. The van der Waals surface area contributed by atoms with E-state index in [1.165, 1.54) is 11.1 Å². The fourth-order valence-corrected chi connectivity index (χ4v) is 1.42. The van der Waals surface area contributed by atoms with Crippen molar-refractivity contribution >= 4 is 5.91 Å². The van der Waals surface area contributed by atoms with Gasteiger partial charge in [0.1, 0.15) is 0 Å².